The van der Waals surface area contributed by atoms with Crippen molar-refractivity contribution in [2.24, 2.45) is 0 Å². The Morgan fingerprint density at radius 3 is 2.35 bits per heavy atom. The maximum absolute atomic E-state index is 13.9. The largest absolute Gasteiger partial charge is 0.497 e. The number of hydrogen-bond acceptors (Lipinski definition) is 12. The van der Waals surface area contributed by atoms with E-state index in [-0.39, 0.29) is 55.6 Å². The number of carbonyl (C=O) groups excluding carboxylic acids is 2. The van der Waals surface area contributed by atoms with E-state index in [4.69, 9.17) is 28.4 Å². The molecule has 3 aromatic rings. The van der Waals surface area contributed by atoms with Crippen molar-refractivity contribution in [3.05, 3.63) is 95.3 Å². The molecule has 0 radical (unpaired) electrons. The Morgan fingerprint density at radius 1 is 0.923 bits per heavy atom. The van der Waals surface area contributed by atoms with Crippen molar-refractivity contribution >= 4 is 21.9 Å². The summed E-state index contributed by atoms with van der Waals surface area (Å²) in [5, 5.41) is 9.67. The SMILES string of the molecule is COC(=O)c1ccc([C@H]2C=C(C(=O)N3CCN(Cc4ccc5c(c4)OCO5)CC3)O[C@@H](OCCN(CCO)S(=O)(=O)c3ccc(OC)cc3)C2)cc1. The average molecular weight is 738 g/mol. The van der Waals surface area contributed by atoms with Crippen LogP contribution in [0.2, 0.25) is 0 Å². The number of esters is 1. The molecule has 0 bridgehead atoms. The van der Waals surface area contributed by atoms with E-state index >= 15 is 0 Å². The summed E-state index contributed by atoms with van der Waals surface area (Å²) in [6.45, 7) is 2.59. The molecule has 0 spiro atoms. The third-order valence-corrected chi connectivity index (χ3v) is 11.1. The molecule has 0 aliphatic carbocycles. The Kier molecular flexibility index (Phi) is 12.0. The van der Waals surface area contributed by atoms with Gasteiger partial charge in [-0.05, 0) is 65.7 Å². The van der Waals surface area contributed by atoms with Crippen LogP contribution in [-0.4, -0.2) is 119 Å². The minimum absolute atomic E-state index is 0.0536. The maximum Gasteiger partial charge on any atom is 0.337 e. The van der Waals surface area contributed by atoms with Crippen LogP contribution in [0, 0.1) is 0 Å². The fraction of sp³-hybridized carbons (Fsp3) is 0.405. The first-order chi connectivity index (χ1) is 25.2. The molecule has 3 aliphatic heterocycles. The van der Waals surface area contributed by atoms with Gasteiger partial charge in [-0.1, -0.05) is 18.2 Å². The van der Waals surface area contributed by atoms with E-state index in [1.165, 1.54) is 26.4 Å². The fourth-order valence-corrected chi connectivity index (χ4v) is 7.75. The van der Waals surface area contributed by atoms with E-state index < -0.39 is 22.3 Å². The number of hydrogen-bond donors (Lipinski definition) is 1. The van der Waals surface area contributed by atoms with Crippen molar-refractivity contribution in [2.45, 2.75) is 30.1 Å². The Balaban J connectivity index is 1.12. The number of methoxy groups -OCH3 is 2. The van der Waals surface area contributed by atoms with E-state index in [2.05, 4.69) is 4.90 Å². The van der Waals surface area contributed by atoms with Gasteiger partial charge in [-0.25, -0.2) is 13.2 Å². The van der Waals surface area contributed by atoms with Crippen LogP contribution in [0.1, 0.15) is 33.8 Å². The maximum atomic E-state index is 13.9. The van der Waals surface area contributed by atoms with Gasteiger partial charge in [0, 0.05) is 58.2 Å². The summed E-state index contributed by atoms with van der Waals surface area (Å²) in [4.78, 5) is 30.0. The van der Waals surface area contributed by atoms with Gasteiger partial charge >= 0.3 is 5.97 Å². The number of aliphatic hydroxyl groups is 1. The van der Waals surface area contributed by atoms with Crippen LogP contribution >= 0.6 is 0 Å². The number of allylic oxidation sites excluding steroid dienone is 1. The second-order valence-corrected chi connectivity index (χ2v) is 14.4. The van der Waals surface area contributed by atoms with E-state index in [1.54, 1.807) is 47.4 Å². The number of fused-ring (bicyclic) bond motifs is 1. The predicted molar refractivity (Wildman–Crippen MR) is 187 cm³/mol. The van der Waals surface area contributed by atoms with Gasteiger partial charge in [0.25, 0.3) is 5.91 Å². The zero-order valence-corrected chi connectivity index (χ0v) is 30.0. The molecule has 0 saturated carbocycles. The molecule has 1 amide bonds. The van der Waals surface area contributed by atoms with Crippen molar-refractivity contribution in [3.63, 3.8) is 0 Å². The minimum Gasteiger partial charge on any atom is -0.497 e. The number of aliphatic hydroxyl groups excluding tert-OH is 1. The Bertz CT molecular complexity index is 1840. The Labute approximate surface area is 303 Å². The van der Waals surface area contributed by atoms with Crippen LogP contribution < -0.4 is 14.2 Å². The summed E-state index contributed by atoms with van der Waals surface area (Å²) in [5.41, 5.74) is 2.33. The first kappa shape index (κ1) is 37.1. The standard InChI is InChI=1S/C37H43N3O11S/c1-46-30-8-10-31(11-9-30)52(44,45)40(17-19-41)18-20-48-35-23-29(27-4-6-28(7-5-27)37(43)47-2)22-34(51-35)36(42)39-15-13-38(14-16-39)24-26-3-12-32-33(21-26)50-25-49-32/h3-12,21-22,29,35,41H,13-20,23-25H2,1-2H3/t29-,35+/m0/s1. The summed E-state index contributed by atoms with van der Waals surface area (Å²) in [6, 6.07) is 18.8. The van der Waals surface area contributed by atoms with Gasteiger partial charge in [0.05, 0.1) is 37.9 Å². The van der Waals surface area contributed by atoms with Crippen molar-refractivity contribution in [1.29, 1.82) is 0 Å². The lowest BCUT2D eigenvalue weighted by Gasteiger charge is -2.37. The molecule has 0 unspecified atom stereocenters. The van der Waals surface area contributed by atoms with Crippen molar-refractivity contribution < 1.29 is 51.5 Å². The lowest BCUT2D eigenvalue weighted by molar-refractivity contribution is -0.154. The fourth-order valence-electron chi connectivity index (χ4n) is 6.34. The molecule has 3 aromatic carbocycles. The number of carbonyl (C=O) groups is 2. The molecule has 52 heavy (non-hydrogen) atoms. The number of sulfonamides is 1. The summed E-state index contributed by atoms with van der Waals surface area (Å²) < 4.78 is 61.1. The summed E-state index contributed by atoms with van der Waals surface area (Å²) in [6.07, 6.45) is 1.24. The zero-order chi connectivity index (χ0) is 36.7. The van der Waals surface area contributed by atoms with Crippen LogP contribution in [0.15, 0.2) is 83.5 Å². The molecule has 3 heterocycles. The highest BCUT2D eigenvalue weighted by Crippen LogP contribution is 2.34. The first-order valence-electron chi connectivity index (χ1n) is 17.0. The predicted octanol–water partition coefficient (Wildman–Crippen LogP) is 2.97. The van der Waals surface area contributed by atoms with Crippen molar-refractivity contribution in [1.82, 2.24) is 14.1 Å². The third-order valence-electron chi connectivity index (χ3n) is 9.22. The van der Waals surface area contributed by atoms with E-state index in [0.29, 0.717) is 50.5 Å². The molecule has 1 saturated heterocycles. The lowest BCUT2D eigenvalue weighted by atomic mass is 9.92. The van der Waals surface area contributed by atoms with Gasteiger partial charge in [0.15, 0.2) is 17.3 Å². The Morgan fingerprint density at radius 2 is 1.65 bits per heavy atom. The van der Waals surface area contributed by atoms with Crippen LogP contribution in [0.3, 0.4) is 0 Å². The molecule has 1 N–H and O–H groups in total. The highest BCUT2D eigenvalue weighted by molar-refractivity contribution is 7.89. The smallest absolute Gasteiger partial charge is 0.337 e. The lowest BCUT2D eigenvalue weighted by Crippen LogP contribution is -2.49. The topological polar surface area (TPSA) is 154 Å². The van der Waals surface area contributed by atoms with Gasteiger partial charge in [-0.2, -0.15) is 4.31 Å². The number of nitrogens with zero attached hydrogens (tertiary/aromatic N) is 3. The second-order valence-electron chi connectivity index (χ2n) is 12.5. The molecule has 3 aliphatic rings. The van der Waals surface area contributed by atoms with E-state index in [0.717, 1.165) is 26.9 Å². The quantitative estimate of drug-likeness (QED) is 0.242. The zero-order valence-electron chi connectivity index (χ0n) is 29.1. The number of piperazine rings is 1. The van der Waals surface area contributed by atoms with Gasteiger partial charge in [0.1, 0.15) is 5.75 Å². The molecule has 15 heteroatoms. The molecule has 1 fully saturated rings. The molecular weight excluding hydrogens is 694 g/mol. The van der Waals surface area contributed by atoms with Crippen molar-refractivity contribution in [2.75, 3.05) is 73.5 Å². The highest BCUT2D eigenvalue weighted by Gasteiger charge is 2.33. The minimum atomic E-state index is -3.95. The first-order valence-corrected chi connectivity index (χ1v) is 18.5. The van der Waals surface area contributed by atoms with Crippen LogP contribution in [0.5, 0.6) is 17.2 Å². The number of amides is 1. The van der Waals surface area contributed by atoms with Gasteiger partial charge in [-0.3, -0.25) is 9.69 Å². The number of benzene rings is 3. The molecule has 6 rings (SSSR count). The van der Waals surface area contributed by atoms with Crippen LogP contribution in [0.25, 0.3) is 0 Å². The highest BCUT2D eigenvalue weighted by atomic mass is 32.2. The monoisotopic (exact) mass is 737 g/mol. The second kappa shape index (κ2) is 16.8. The molecular formula is C37H43N3O11S. The summed E-state index contributed by atoms with van der Waals surface area (Å²) in [5.74, 6) is 1.10. The van der Waals surface area contributed by atoms with E-state index in [9.17, 15) is 23.1 Å². The van der Waals surface area contributed by atoms with Crippen molar-refractivity contribution in [3.8, 4) is 17.2 Å². The molecule has 278 valence electrons. The van der Waals surface area contributed by atoms with Gasteiger partial charge in [-0.15, -0.1) is 0 Å². The van der Waals surface area contributed by atoms with Crippen LogP contribution in [0.4, 0.5) is 0 Å². The van der Waals surface area contributed by atoms with Gasteiger partial charge in [0.2, 0.25) is 23.1 Å². The molecule has 0 aromatic heterocycles. The number of rotatable bonds is 14. The van der Waals surface area contributed by atoms with E-state index in [1.807, 2.05) is 18.2 Å². The third kappa shape index (κ3) is 8.68. The summed E-state index contributed by atoms with van der Waals surface area (Å²) >= 11 is 0. The molecule has 2 atom stereocenters. The summed E-state index contributed by atoms with van der Waals surface area (Å²) in [7, 11) is -1.14. The van der Waals surface area contributed by atoms with Crippen LogP contribution in [-0.2, 0) is 35.6 Å². The average Bonchev–Trinajstić information content (AvgIpc) is 3.65. The van der Waals surface area contributed by atoms with Gasteiger partial charge < -0.3 is 38.4 Å². The Hall–Kier alpha value is -4.67. The normalized spacial score (nSPS) is 18.8. The number of ether oxygens (including phenoxy) is 6. The molecule has 14 nitrogen and oxygen atoms in total.